The molecule has 5 nitrogen and oxygen atoms in total. The molecule has 0 bridgehead atoms. The first-order chi connectivity index (χ1) is 10.4. The average Bonchev–Trinajstić information content (AvgIpc) is 2.47. The maximum atomic E-state index is 12.1. The van der Waals surface area contributed by atoms with Gasteiger partial charge in [-0.1, -0.05) is 18.2 Å². The molecule has 0 unspecified atom stereocenters. The molecule has 1 aromatic carbocycles. The van der Waals surface area contributed by atoms with E-state index in [2.05, 4.69) is 11.0 Å². The predicted octanol–water partition coefficient (Wildman–Crippen LogP) is 2.28. The summed E-state index contributed by atoms with van der Waals surface area (Å²) in [6.07, 6.45) is 0.415. The van der Waals surface area contributed by atoms with Gasteiger partial charge in [-0.15, -0.1) is 0 Å². The number of amides is 1. The molecular weight excluding hydrogens is 280 g/mol. The van der Waals surface area contributed by atoms with Crippen molar-refractivity contribution in [2.24, 2.45) is 0 Å². The summed E-state index contributed by atoms with van der Waals surface area (Å²) >= 11 is 0. The number of hydrogen-bond donors (Lipinski definition) is 1. The van der Waals surface area contributed by atoms with Gasteiger partial charge in [0.05, 0.1) is 0 Å². The minimum absolute atomic E-state index is 0.148. The number of nitrogens with zero attached hydrogens (tertiary/aromatic N) is 2. The zero-order valence-corrected chi connectivity index (χ0v) is 13.7. The van der Waals surface area contributed by atoms with Crippen LogP contribution in [0.3, 0.4) is 0 Å². The third kappa shape index (κ3) is 4.37. The van der Waals surface area contributed by atoms with E-state index >= 15 is 0 Å². The monoisotopic (exact) mass is 306 g/mol. The summed E-state index contributed by atoms with van der Waals surface area (Å²) < 4.78 is 5.42. The topological polar surface area (TPSA) is 53.0 Å². The highest BCUT2D eigenvalue weighted by Gasteiger charge is 2.26. The van der Waals surface area contributed by atoms with Crippen LogP contribution in [0.1, 0.15) is 26.3 Å². The van der Waals surface area contributed by atoms with E-state index in [1.54, 1.807) is 4.90 Å². The molecule has 0 saturated carbocycles. The van der Waals surface area contributed by atoms with Crippen molar-refractivity contribution in [1.82, 2.24) is 4.90 Å². The number of ether oxygens (including phenoxy) is 1. The van der Waals surface area contributed by atoms with E-state index in [0.29, 0.717) is 19.5 Å². The lowest BCUT2D eigenvalue weighted by Gasteiger charge is -2.37. The van der Waals surface area contributed by atoms with Crippen molar-refractivity contribution >= 4 is 11.8 Å². The molecule has 0 aliphatic carbocycles. The summed E-state index contributed by atoms with van der Waals surface area (Å²) in [5, 5.41) is 9.18. The number of aliphatic hydroxyl groups excluding tert-OH is 1. The summed E-state index contributed by atoms with van der Waals surface area (Å²) in [6, 6.07) is 8.13. The first-order valence-electron chi connectivity index (χ1n) is 7.82. The first-order valence-corrected chi connectivity index (χ1v) is 7.82. The van der Waals surface area contributed by atoms with Crippen LogP contribution in [0.5, 0.6) is 0 Å². The molecule has 0 spiro atoms. The Morgan fingerprint density at radius 3 is 2.41 bits per heavy atom. The van der Waals surface area contributed by atoms with Crippen molar-refractivity contribution in [2.45, 2.75) is 32.8 Å². The number of carbonyl (C=O) groups excluding carboxylic acids is 1. The zero-order chi connectivity index (χ0) is 16.2. The lowest BCUT2D eigenvalue weighted by molar-refractivity contribution is 0.0240. The van der Waals surface area contributed by atoms with Crippen LogP contribution in [0.2, 0.25) is 0 Å². The van der Waals surface area contributed by atoms with Crippen LogP contribution < -0.4 is 4.90 Å². The first kappa shape index (κ1) is 16.6. The molecule has 2 rings (SSSR count). The molecule has 1 heterocycles. The minimum Gasteiger partial charge on any atom is -0.444 e. The highest BCUT2D eigenvalue weighted by Crippen LogP contribution is 2.22. The van der Waals surface area contributed by atoms with Gasteiger partial charge >= 0.3 is 6.09 Å². The number of para-hydroxylation sites is 1. The van der Waals surface area contributed by atoms with Gasteiger partial charge in [0, 0.05) is 38.5 Å². The van der Waals surface area contributed by atoms with E-state index < -0.39 is 5.60 Å². The van der Waals surface area contributed by atoms with Gasteiger partial charge in [0.15, 0.2) is 0 Å². The SMILES string of the molecule is CC(C)(C)OC(=O)N1CCN(c2ccccc2CCO)CC1. The number of piperazine rings is 1. The largest absolute Gasteiger partial charge is 0.444 e. The van der Waals surface area contributed by atoms with Crippen LogP contribution in [-0.4, -0.2) is 54.5 Å². The van der Waals surface area contributed by atoms with Crippen LogP contribution in [0, 0.1) is 0 Å². The van der Waals surface area contributed by atoms with Crippen molar-refractivity contribution in [2.75, 3.05) is 37.7 Å². The Morgan fingerprint density at radius 1 is 1.18 bits per heavy atom. The third-order valence-electron chi connectivity index (χ3n) is 3.64. The van der Waals surface area contributed by atoms with Crippen LogP contribution >= 0.6 is 0 Å². The smallest absolute Gasteiger partial charge is 0.410 e. The Bertz CT molecular complexity index is 503. The Labute approximate surface area is 132 Å². The van der Waals surface area contributed by atoms with Crippen molar-refractivity contribution in [3.8, 4) is 0 Å². The van der Waals surface area contributed by atoms with Gasteiger partial charge in [0.25, 0.3) is 0 Å². The molecule has 1 aliphatic rings. The maximum Gasteiger partial charge on any atom is 0.410 e. The lowest BCUT2D eigenvalue weighted by atomic mass is 10.1. The Kier molecular flexibility index (Phi) is 5.29. The number of anilines is 1. The molecule has 122 valence electrons. The van der Waals surface area contributed by atoms with Gasteiger partial charge in [-0.3, -0.25) is 0 Å². The van der Waals surface area contributed by atoms with E-state index in [1.807, 2.05) is 39.0 Å². The van der Waals surface area contributed by atoms with E-state index in [9.17, 15) is 9.90 Å². The van der Waals surface area contributed by atoms with E-state index in [-0.39, 0.29) is 12.7 Å². The summed E-state index contributed by atoms with van der Waals surface area (Å²) in [6.45, 7) is 8.66. The third-order valence-corrected chi connectivity index (χ3v) is 3.64. The Balaban J connectivity index is 1.96. The minimum atomic E-state index is -0.456. The molecule has 1 fully saturated rings. The van der Waals surface area contributed by atoms with Crippen molar-refractivity contribution in [1.29, 1.82) is 0 Å². The zero-order valence-electron chi connectivity index (χ0n) is 13.7. The molecule has 1 saturated heterocycles. The van der Waals surface area contributed by atoms with Gasteiger partial charge < -0.3 is 19.6 Å². The number of carbonyl (C=O) groups is 1. The predicted molar refractivity (Wildman–Crippen MR) is 87.3 cm³/mol. The molecule has 0 radical (unpaired) electrons. The number of hydrogen-bond acceptors (Lipinski definition) is 4. The fourth-order valence-electron chi connectivity index (χ4n) is 2.61. The fraction of sp³-hybridized carbons (Fsp3) is 0.588. The average molecular weight is 306 g/mol. The van der Waals surface area contributed by atoms with Crippen LogP contribution in [0.25, 0.3) is 0 Å². The number of rotatable bonds is 3. The van der Waals surface area contributed by atoms with Crippen LogP contribution in [0.4, 0.5) is 10.5 Å². The number of aliphatic hydroxyl groups is 1. The van der Waals surface area contributed by atoms with Crippen molar-refractivity contribution in [3.63, 3.8) is 0 Å². The Morgan fingerprint density at radius 2 is 1.82 bits per heavy atom. The van der Waals surface area contributed by atoms with Gasteiger partial charge in [0.2, 0.25) is 0 Å². The molecule has 1 N–H and O–H groups in total. The molecule has 0 aromatic heterocycles. The Hall–Kier alpha value is -1.75. The summed E-state index contributed by atoms with van der Waals surface area (Å²) in [4.78, 5) is 16.1. The lowest BCUT2D eigenvalue weighted by Crippen LogP contribution is -2.50. The standard InChI is InChI=1S/C17H26N2O3/c1-17(2,3)22-16(21)19-11-9-18(10-12-19)15-7-5-4-6-14(15)8-13-20/h4-7,20H,8-13H2,1-3H3. The number of benzene rings is 1. The van der Waals surface area contributed by atoms with E-state index in [1.165, 1.54) is 0 Å². The van der Waals surface area contributed by atoms with E-state index in [0.717, 1.165) is 24.3 Å². The van der Waals surface area contributed by atoms with Gasteiger partial charge in [-0.25, -0.2) is 4.79 Å². The van der Waals surface area contributed by atoms with Gasteiger partial charge in [0.1, 0.15) is 5.60 Å². The molecule has 0 atom stereocenters. The summed E-state index contributed by atoms with van der Waals surface area (Å²) in [5.74, 6) is 0. The quantitative estimate of drug-likeness (QED) is 0.931. The second-order valence-electron chi connectivity index (χ2n) is 6.56. The van der Waals surface area contributed by atoms with Crippen LogP contribution in [-0.2, 0) is 11.2 Å². The second kappa shape index (κ2) is 7.01. The second-order valence-corrected chi connectivity index (χ2v) is 6.56. The molecule has 5 heteroatoms. The summed E-state index contributed by atoms with van der Waals surface area (Å²) in [7, 11) is 0. The fourth-order valence-corrected chi connectivity index (χ4v) is 2.61. The molecule has 1 aromatic rings. The molecule has 1 amide bonds. The molecular formula is C17H26N2O3. The maximum absolute atomic E-state index is 12.1. The normalized spacial score (nSPS) is 15.8. The highest BCUT2D eigenvalue weighted by molar-refractivity contribution is 5.68. The van der Waals surface area contributed by atoms with Gasteiger partial charge in [-0.2, -0.15) is 0 Å². The van der Waals surface area contributed by atoms with Crippen molar-refractivity contribution in [3.05, 3.63) is 29.8 Å². The van der Waals surface area contributed by atoms with Crippen molar-refractivity contribution < 1.29 is 14.6 Å². The van der Waals surface area contributed by atoms with Crippen LogP contribution in [0.15, 0.2) is 24.3 Å². The highest BCUT2D eigenvalue weighted by atomic mass is 16.6. The van der Waals surface area contributed by atoms with E-state index in [4.69, 9.17) is 4.74 Å². The van der Waals surface area contributed by atoms with Gasteiger partial charge in [-0.05, 0) is 38.8 Å². The molecule has 22 heavy (non-hydrogen) atoms. The summed E-state index contributed by atoms with van der Waals surface area (Å²) in [5.41, 5.74) is 1.85. The molecule has 1 aliphatic heterocycles.